The first-order valence-corrected chi connectivity index (χ1v) is 13.4. The lowest BCUT2D eigenvalue weighted by molar-refractivity contribution is -0.119. The second-order valence-electron chi connectivity index (χ2n) is 11.2. The lowest BCUT2D eigenvalue weighted by Gasteiger charge is -2.36. The van der Waals surface area contributed by atoms with E-state index in [4.69, 9.17) is 4.98 Å². The van der Waals surface area contributed by atoms with Crippen molar-refractivity contribution in [1.29, 1.82) is 0 Å². The molecular weight excluding hydrogens is 481 g/mol. The van der Waals surface area contributed by atoms with Gasteiger partial charge >= 0.3 is 0 Å². The van der Waals surface area contributed by atoms with Crippen molar-refractivity contribution in [2.24, 2.45) is 0 Å². The third-order valence-electron chi connectivity index (χ3n) is 8.14. The molecule has 2 N–H and O–H groups in total. The molecule has 2 aromatic heterocycles. The molecule has 1 aromatic carbocycles. The van der Waals surface area contributed by atoms with Crippen LogP contribution in [0.25, 0.3) is 0 Å². The average Bonchev–Trinajstić information content (AvgIpc) is 3.86. The number of alkyl halides is 1. The van der Waals surface area contributed by atoms with E-state index in [2.05, 4.69) is 38.8 Å². The quantitative estimate of drug-likeness (QED) is 0.307. The lowest BCUT2D eigenvalue weighted by atomic mass is 9.92. The monoisotopic (exact) mass is 515 g/mol. The summed E-state index contributed by atoms with van der Waals surface area (Å²) < 4.78 is 13.9. The Morgan fingerprint density at radius 1 is 1.16 bits per heavy atom. The molecular formula is C29H34FN7O. The third-order valence-corrected chi connectivity index (χ3v) is 8.14. The summed E-state index contributed by atoms with van der Waals surface area (Å²) in [5.41, 5.74) is 5.58. The van der Waals surface area contributed by atoms with Crippen LogP contribution < -0.4 is 15.6 Å². The van der Waals surface area contributed by atoms with Crippen molar-refractivity contribution in [2.75, 3.05) is 23.5 Å². The van der Waals surface area contributed by atoms with E-state index < -0.39 is 12.1 Å². The molecule has 2 fully saturated rings. The minimum absolute atomic E-state index is 0.144. The highest BCUT2D eigenvalue weighted by Gasteiger charge is 2.47. The Balaban J connectivity index is 1.36. The Morgan fingerprint density at radius 3 is 2.66 bits per heavy atom. The number of amides is 1. The van der Waals surface area contributed by atoms with E-state index in [1.807, 2.05) is 32.9 Å². The summed E-state index contributed by atoms with van der Waals surface area (Å²) in [7, 11) is 0. The van der Waals surface area contributed by atoms with Crippen LogP contribution in [-0.4, -0.2) is 45.6 Å². The Bertz CT molecular complexity index is 1370. The van der Waals surface area contributed by atoms with Gasteiger partial charge in [-0.2, -0.15) is 4.98 Å². The molecule has 1 amide bonds. The Labute approximate surface area is 222 Å². The Hall–Kier alpha value is -3.59. The molecule has 0 radical (unpaired) electrons. The standard InChI is InChI=1S/C29H34FN7O/c1-19(2)36(18-38)37(23-7-12-31-25(15-23)28(17-30)8-9-28)26-20(3)16-32-27(35-26)34-22-4-5-24-21(14-22)6-13-33-29(24)10-11-29/h4-5,7,12,14-16,18-19,33H,6,8-11,13,17H2,1-3H3,(H,32,34,35). The highest BCUT2D eigenvalue weighted by Crippen LogP contribution is 2.49. The van der Waals surface area contributed by atoms with Crippen molar-refractivity contribution in [3.8, 4) is 0 Å². The van der Waals surface area contributed by atoms with Gasteiger partial charge in [-0.15, -0.1) is 0 Å². The van der Waals surface area contributed by atoms with E-state index in [-0.39, 0.29) is 11.6 Å². The topological polar surface area (TPSA) is 86.3 Å². The number of nitrogens with one attached hydrogen (secondary N) is 2. The highest BCUT2D eigenvalue weighted by molar-refractivity contribution is 5.69. The first-order valence-electron chi connectivity index (χ1n) is 13.4. The van der Waals surface area contributed by atoms with Gasteiger partial charge in [0.1, 0.15) is 6.67 Å². The van der Waals surface area contributed by atoms with Crippen LogP contribution in [0.2, 0.25) is 0 Å². The van der Waals surface area contributed by atoms with Crippen LogP contribution in [0, 0.1) is 6.92 Å². The van der Waals surface area contributed by atoms with Crippen molar-refractivity contribution in [3.63, 3.8) is 0 Å². The van der Waals surface area contributed by atoms with E-state index in [1.165, 1.54) is 24.0 Å². The molecule has 0 atom stereocenters. The molecule has 9 heteroatoms. The number of pyridine rings is 1. The van der Waals surface area contributed by atoms with E-state index >= 15 is 0 Å². The molecule has 1 aliphatic heterocycles. The van der Waals surface area contributed by atoms with Crippen molar-refractivity contribution in [3.05, 3.63) is 65.1 Å². The summed E-state index contributed by atoms with van der Waals surface area (Å²) in [4.78, 5) is 26.2. The van der Waals surface area contributed by atoms with E-state index in [0.29, 0.717) is 23.1 Å². The third kappa shape index (κ3) is 4.28. The van der Waals surface area contributed by atoms with Crippen LogP contribution in [0.1, 0.15) is 61.9 Å². The molecule has 8 nitrogen and oxygen atoms in total. The van der Waals surface area contributed by atoms with Gasteiger partial charge in [0.2, 0.25) is 12.4 Å². The zero-order chi connectivity index (χ0) is 26.5. The lowest BCUT2D eigenvalue weighted by Crippen LogP contribution is -2.44. The summed E-state index contributed by atoms with van der Waals surface area (Å²) in [6.45, 7) is 6.35. The fourth-order valence-electron chi connectivity index (χ4n) is 5.50. The van der Waals surface area contributed by atoms with Gasteiger partial charge in [0.25, 0.3) is 0 Å². The number of carbonyl (C=O) groups excluding carboxylic acids is 1. The molecule has 2 aliphatic carbocycles. The smallest absolute Gasteiger partial charge is 0.229 e. The number of halogens is 1. The maximum Gasteiger partial charge on any atom is 0.229 e. The summed E-state index contributed by atoms with van der Waals surface area (Å²) >= 11 is 0. The maximum absolute atomic E-state index is 13.9. The van der Waals surface area contributed by atoms with Crippen molar-refractivity contribution >= 4 is 29.6 Å². The normalized spacial score (nSPS) is 18.1. The number of anilines is 4. The predicted octanol–water partition coefficient (Wildman–Crippen LogP) is 4.98. The summed E-state index contributed by atoms with van der Waals surface area (Å²) in [5.74, 6) is 1.02. The number of hydrogen-bond donors (Lipinski definition) is 2. The largest absolute Gasteiger partial charge is 0.324 e. The average molecular weight is 516 g/mol. The second kappa shape index (κ2) is 9.31. The molecule has 2 saturated carbocycles. The van der Waals surface area contributed by atoms with Crippen LogP contribution in [0.15, 0.2) is 42.7 Å². The van der Waals surface area contributed by atoms with Crippen LogP contribution in [0.5, 0.6) is 0 Å². The van der Waals surface area contributed by atoms with Gasteiger partial charge in [0.15, 0.2) is 5.82 Å². The van der Waals surface area contributed by atoms with E-state index in [0.717, 1.165) is 43.5 Å². The molecule has 3 aliphatic rings. The summed E-state index contributed by atoms with van der Waals surface area (Å²) in [5, 5.41) is 10.4. The van der Waals surface area contributed by atoms with Crippen LogP contribution >= 0.6 is 0 Å². The van der Waals surface area contributed by atoms with Crippen LogP contribution in [0.3, 0.4) is 0 Å². The molecule has 0 saturated heterocycles. The number of nitrogens with zero attached hydrogens (tertiary/aromatic N) is 5. The second-order valence-corrected chi connectivity index (χ2v) is 11.2. The summed E-state index contributed by atoms with van der Waals surface area (Å²) in [6.07, 6.45) is 9.18. The predicted molar refractivity (Wildman–Crippen MR) is 145 cm³/mol. The first-order chi connectivity index (χ1) is 18.4. The number of aryl methyl sites for hydroxylation is 1. The zero-order valence-electron chi connectivity index (χ0n) is 22.2. The van der Waals surface area contributed by atoms with Gasteiger partial charge in [0.05, 0.1) is 11.4 Å². The number of rotatable bonds is 9. The van der Waals surface area contributed by atoms with Gasteiger partial charge in [-0.1, -0.05) is 6.07 Å². The number of hydrazine groups is 1. The van der Waals surface area contributed by atoms with Gasteiger partial charge in [-0.25, -0.2) is 15.0 Å². The van der Waals surface area contributed by atoms with Gasteiger partial charge in [-0.3, -0.25) is 14.2 Å². The van der Waals surface area contributed by atoms with Crippen LogP contribution in [-0.2, 0) is 22.2 Å². The molecule has 6 rings (SSSR count). The molecule has 0 unspecified atom stereocenters. The number of hydrogen-bond acceptors (Lipinski definition) is 7. The fourth-order valence-corrected chi connectivity index (χ4v) is 5.50. The zero-order valence-corrected chi connectivity index (χ0v) is 22.2. The number of aromatic nitrogens is 3. The van der Waals surface area contributed by atoms with Gasteiger partial charge in [0, 0.05) is 47.2 Å². The molecule has 3 heterocycles. The van der Waals surface area contributed by atoms with E-state index in [1.54, 1.807) is 22.4 Å². The SMILES string of the molecule is Cc1cnc(Nc2ccc3c(c2)CCNC32CC2)nc1N(c1ccnc(C2(CF)CC2)c1)N(C=O)C(C)C. The number of benzene rings is 1. The minimum Gasteiger partial charge on any atom is -0.324 e. The summed E-state index contributed by atoms with van der Waals surface area (Å²) in [6, 6.07) is 10.1. The van der Waals surface area contributed by atoms with Gasteiger partial charge < -0.3 is 10.6 Å². The molecule has 1 spiro atoms. The van der Waals surface area contributed by atoms with Gasteiger partial charge in [-0.05, 0) is 88.3 Å². The molecule has 3 aromatic rings. The van der Waals surface area contributed by atoms with E-state index in [9.17, 15) is 9.18 Å². The van der Waals surface area contributed by atoms with Crippen molar-refractivity contribution in [2.45, 2.75) is 69.9 Å². The Kier molecular flexibility index (Phi) is 6.06. The number of fused-ring (bicyclic) bond motifs is 2. The van der Waals surface area contributed by atoms with Crippen molar-refractivity contribution in [1.82, 2.24) is 25.3 Å². The Morgan fingerprint density at radius 2 is 1.97 bits per heavy atom. The van der Waals surface area contributed by atoms with Crippen molar-refractivity contribution < 1.29 is 9.18 Å². The minimum atomic E-state index is -0.514. The van der Waals surface area contributed by atoms with Crippen LogP contribution in [0.4, 0.5) is 27.5 Å². The first kappa shape index (κ1) is 24.7. The maximum atomic E-state index is 13.9. The molecule has 38 heavy (non-hydrogen) atoms. The fraction of sp³-hybridized carbons (Fsp3) is 0.448. The number of carbonyl (C=O) groups is 1. The molecule has 0 bridgehead atoms. The highest BCUT2D eigenvalue weighted by atomic mass is 19.1. The molecule has 198 valence electrons.